The van der Waals surface area contributed by atoms with Crippen LogP contribution in [-0.2, 0) is 4.79 Å². The summed E-state index contributed by atoms with van der Waals surface area (Å²) in [6.07, 6.45) is 2.46. The van der Waals surface area contributed by atoms with Crippen LogP contribution < -0.4 is 16.0 Å². The summed E-state index contributed by atoms with van der Waals surface area (Å²) in [5.41, 5.74) is 7.36. The summed E-state index contributed by atoms with van der Waals surface area (Å²) in [4.78, 5) is 37.2. The summed E-state index contributed by atoms with van der Waals surface area (Å²) in [6.45, 7) is 0.699. The molecule has 2 aromatic rings. The number of nitrogens with zero attached hydrogens (tertiary/aromatic N) is 1. The van der Waals surface area contributed by atoms with Crippen LogP contribution in [0.1, 0.15) is 40.0 Å². The highest BCUT2D eigenvalue weighted by atomic mass is 16.2. The number of carbonyl (C=O) groups excluding carboxylic acids is 3. The molecule has 0 aromatic heterocycles. The van der Waals surface area contributed by atoms with Crippen LogP contribution in [0.5, 0.6) is 0 Å². The van der Waals surface area contributed by atoms with Gasteiger partial charge in [0, 0.05) is 35.5 Å². The monoisotopic (exact) mass is 337 g/mol. The van der Waals surface area contributed by atoms with Gasteiger partial charge < -0.3 is 16.0 Å². The van der Waals surface area contributed by atoms with Gasteiger partial charge in [-0.3, -0.25) is 14.4 Å². The Hall–Kier alpha value is -3.15. The van der Waals surface area contributed by atoms with Crippen molar-refractivity contribution >= 4 is 29.1 Å². The van der Waals surface area contributed by atoms with Gasteiger partial charge in [0.15, 0.2) is 0 Å². The molecule has 0 radical (unpaired) electrons. The molecule has 3 amide bonds. The van der Waals surface area contributed by atoms with Gasteiger partial charge in [-0.1, -0.05) is 6.07 Å². The van der Waals surface area contributed by atoms with E-state index in [0.29, 0.717) is 29.8 Å². The van der Waals surface area contributed by atoms with E-state index in [4.69, 9.17) is 5.73 Å². The van der Waals surface area contributed by atoms with Crippen molar-refractivity contribution in [1.82, 2.24) is 0 Å². The van der Waals surface area contributed by atoms with Crippen molar-refractivity contribution in [3.63, 3.8) is 0 Å². The minimum atomic E-state index is -0.536. The highest BCUT2D eigenvalue weighted by molar-refractivity contribution is 6.05. The molecular formula is C19H19N3O3. The van der Waals surface area contributed by atoms with Crippen LogP contribution in [0.3, 0.4) is 0 Å². The molecule has 25 heavy (non-hydrogen) atoms. The van der Waals surface area contributed by atoms with Gasteiger partial charge >= 0.3 is 0 Å². The maximum absolute atomic E-state index is 12.3. The topological polar surface area (TPSA) is 92.5 Å². The third-order valence-corrected chi connectivity index (χ3v) is 4.17. The van der Waals surface area contributed by atoms with Crippen LogP contribution in [0, 0.1) is 0 Å². The van der Waals surface area contributed by atoms with Gasteiger partial charge in [-0.05, 0) is 55.3 Å². The molecule has 128 valence electrons. The molecule has 6 nitrogen and oxygen atoms in total. The van der Waals surface area contributed by atoms with Crippen molar-refractivity contribution in [2.75, 3.05) is 16.8 Å². The lowest BCUT2D eigenvalue weighted by molar-refractivity contribution is -0.119. The van der Waals surface area contributed by atoms with Crippen LogP contribution in [0.2, 0.25) is 0 Å². The van der Waals surface area contributed by atoms with Crippen molar-refractivity contribution in [3.05, 3.63) is 59.7 Å². The minimum Gasteiger partial charge on any atom is -0.366 e. The summed E-state index contributed by atoms with van der Waals surface area (Å²) in [5.74, 6) is -0.722. The third-order valence-electron chi connectivity index (χ3n) is 4.17. The molecule has 2 aromatic carbocycles. The largest absolute Gasteiger partial charge is 0.366 e. The van der Waals surface area contributed by atoms with Crippen molar-refractivity contribution in [2.45, 2.75) is 19.3 Å². The number of hydrogen-bond acceptors (Lipinski definition) is 3. The first-order valence-corrected chi connectivity index (χ1v) is 8.16. The van der Waals surface area contributed by atoms with Crippen LogP contribution in [0.4, 0.5) is 11.4 Å². The smallest absolute Gasteiger partial charge is 0.255 e. The minimum absolute atomic E-state index is 0.108. The van der Waals surface area contributed by atoms with Gasteiger partial charge in [0.05, 0.1) is 0 Å². The average molecular weight is 337 g/mol. The standard InChI is InChI=1S/C19H19N3O3/c20-18(24)13-7-9-14(10-8-13)19(25)21-15-4-3-5-16(12-15)22-11-2-1-6-17(22)23/h3-5,7-10,12H,1-2,6,11H2,(H2,20,24)(H,21,25). The highest BCUT2D eigenvalue weighted by Gasteiger charge is 2.19. The molecule has 1 aliphatic heterocycles. The predicted octanol–water partition coefficient (Wildman–Crippen LogP) is 2.55. The fraction of sp³-hybridized carbons (Fsp3) is 0.211. The maximum Gasteiger partial charge on any atom is 0.255 e. The number of primary amides is 1. The Balaban J connectivity index is 1.74. The average Bonchev–Trinajstić information content (AvgIpc) is 2.62. The predicted molar refractivity (Wildman–Crippen MR) is 95.6 cm³/mol. The first-order valence-electron chi connectivity index (χ1n) is 8.16. The van der Waals surface area contributed by atoms with Crippen LogP contribution in [0.25, 0.3) is 0 Å². The Morgan fingerprint density at radius 3 is 2.40 bits per heavy atom. The fourth-order valence-electron chi connectivity index (χ4n) is 2.82. The summed E-state index contributed by atoms with van der Waals surface area (Å²) >= 11 is 0. The number of rotatable bonds is 4. The number of nitrogens with one attached hydrogen (secondary N) is 1. The fourth-order valence-corrected chi connectivity index (χ4v) is 2.82. The van der Waals surface area contributed by atoms with Gasteiger partial charge in [-0.2, -0.15) is 0 Å². The molecule has 0 aliphatic carbocycles. The van der Waals surface area contributed by atoms with Crippen molar-refractivity contribution in [1.29, 1.82) is 0 Å². The molecule has 3 N–H and O–H groups in total. The number of hydrogen-bond donors (Lipinski definition) is 2. The number of carbonyl (C=O) groups is 3. The number of nitrogens with two attached hydrogens (primary N) is 1. The Kier molecular flexibility index (Phi) is 4.79. The molecule has 1 heterocycles. The van der Waals surface area contributed by atoms with E-state index in [1.165, 1.54) is 12.1 Å². The second-order valence-electron chi connectivity index (χ2n) is 5.95. The summed E-state index contributed by atoms with van der Waals surface area (Å²) in [6, 6.07) is 13.4. The van der Waals surface area contributed by atoms with Gasteiger partial charge in [0.1, 0.15) is 0 Å². The van der Waals surface area contributed by atoms with E-state index in [-0.39, 0.29) is 11.8 Å². The van der Waals surface area contributed by atoms with E-state index in [2.05, 4.69) is 5.32 Å². The normalized spacial score (nSPS) is 14.2. The second kappa shape index (κ2) is 7.17. The van der Waals surface area contributed by atoms with Gasteiger partial charge in [0.2, 0.25) is 11.8 Å². The van der Waals surface area contributed by atoms with Crippen molar-refractivity contribution in [3.8, 4) is 0 Å². The molecule has 1 fully saturated rings. The van der Waals surface area contributed by atoms with Crippen LogP contribution >= 0.6 is 0 Å². The number of amides is 3. The summed E-state index contributed by atoms with van der Waals surface area (Å²) in [7, 11) is 0. The van der Waals surface area contributed by atoms with Crippen molar-refractivity contribution < 1.29 is 14.4 Å². The van der Waals surface area contributed by atoms with Crippen LogP contribution in [0.15, 0.2) is 48.5 Å². The zero-order valence-electron chi connectivity index (χ0n) is 13.7. The van der Waals surface area contributed by atoms with Crippen molar-refractivity contribution in [2.24, 2.45) is 5.73 Å². The Bertz CT molecular complexity index is 815. The third kappa shape index (κ3) is 3.85. The zero-order chi connectivity index (χ0) is 17.8. The van der Waals surface area contributed by atoms with E-state index in [1.54, 1.807) is 29.2 Å². The summed E-state index contributed by atoms with van der Waals surface area (Å²) < 4.78 is 0. The molecule has 6 heteroatoms. The number of piperidine rings is 1. The Labute approximate surface area is 145 Å². The SMILES string of the molecule is NC(=O)c1ccc(C(=O)Nc2cccc(N3CCCCC3=O)c2)cc1. The van der Waals surface area contributed by atoms with E-state index in [9.17, 15) is 14.4 Å². The summed E-state index contributed by atoms with van der Waals surface area (Å²) in [5, 5.41) is 2.81. The van der Waals surface area contributed by atoms with Crippen LogP contribution in [-0.4, -0.2) is 24.3 Å². The first-order chi connectivity index (χ1) is 12.0. The van der Waals surface area contributed by atoms with Gasteiger partial charge in [0.25, 0.3) is 5.91 Å². The van der Waals surface area contributed by atoms with E-state index in [0.717, 1.165) is 18.5 Å². The van der Waals surface area contributed by atoms with Gasteiger partial charge in [-0.15, -0.1) is 0 Å². The molecule has 0 saturated carbocycles. The molecule has 0 bridgehead atoms. The second-order valence-corrected chi connectivity index (χ2v) is 5.95. The quantitative estimate of drug-likeness (QED) is 0.898. The Morgan fingerprint density at radius 1 is 1.00 bits per heavy atom. The maximum atomic E-state index is 12.3. The zero-order valence-corrected chi connectivity index (χ0v) is 13.7. The molecule has 0 atom stereocenters. The van der Waals surface area contributed by atoms with E-state index < -0.39 is 5.91 Å². The Morgan fingerprint density at radius 2 is 1.72 bits per heavy atom. The molecular weight excluding hydrogens is 318 g/mol. The highest BCUT2D eigenvalue weighted by Crippen LogP contribution is 2.24. The number of anilines is 2. The molecule has 3 rings (SSSR count). The first kappa shape index (κ1) is 16.7. The molecule has 1 aliphatic rings. The number of benzene rings is 2. The van der Waals surface area contributed by atoms with Gasteiger partial charge in [-0.25, -0.2) is 0 Å². The van der Waals surface area contributed by atoms with E-state index in [1.807, 2.05) is 12.1 Å². The molecule has 0 unspecified atom stereocenters. The lowest BCUT2D eigenvalue weighted by Crippen LogP contribution is -2.35. The van der Waals surface area contributed by atoms with E-state index >= 15 is 0 Å². The molecule has 0 spiro atoms. The lowest BCUT2D eigenvalue weighted by Gasteiger charge is -2.27. The lowest BCUT2D eigenvalue weighted by atomic mass is 10.1. The molecule has 1 saturated heterocycles.